The van der Waals surface area contributed by atoms with E-state index in [0.29, 0.717) is 48.3 Å². The molecule has 182 valence electrons. The molecule has 10 heteroatoms. The largest absolute Gasteiger partial charge is 0.368 e. The molecule has 2 amide bonds. The molecule has 0 saturated carbocycles. The Balaban J connectivity index is 1.23. The lowest BCUT2D eigenvalue weighted by Gasteiger charge is -2.36. The second-order valence-corrected chi connectivity index (χ2v) is 8.77. The molecule has 1 aliphatic rings. The molecule has 35 heavy (non-hydrogen) atoms. The number of hydrogen-bond donors (Lipinski definition) is 2. The van der Waals surface area contributed by atoms with E-state index >= 15 is 0 Å². The van der Waals surface area contributed by atoms with E-state index in [1.807, 2.05) is 24.3 Å². The molecule has 1 aliphatic heterocycles. The van der Waals surface area contributed by atoms with Crippen molar-refractivity contribution in [2.75, 3.05) is 37.6 Å². The molecule has 4 rings (SSSR count). The molecule has 2 aromatic heterocycles. The lowest BCUT2D eigenvalue weighted by atomic mass is 10.1. The fraction of sp³-hybridized carbons (Fsp3) is 0.320. The van der Waals surface area contributed by atoms with Crippen LogP contribution in [-0.4, -0.2) is 64.4 Å². The molecule has 2 N–H and O–H groups in total. The predicted octanol–water partition coefficient (Wildman–Crippen LogP) is 2.19. The molecule has 1 saturated heterocycles. The van der Waals surface area contributed by atoms with Crippen molar-refractivity contribution in [1.29, 1.82) is 0 Å². The lowest BCUT2D eigenvalue weighted by Crippen LogP contribution is -2.51. The number of benzene rings is 1. The number of rotatable bonds is 7. The van der Waals surface area contributed by atoms with E-state index in [0.717, 1.165) is 11.3 Å². The molecule has 0 spiro atoms. The maximum Gasteiger partial charge on any atom is 0.254 e. The first-order valence-corrected chi connectivity index (χ1v) is 11.8. The number of halogens is 1. The van der Waals surface area contributed by atoms with Crippen molar-refractivity contribution in [2.45, 2.75) is 19.8 Å². The van der Waals surface area contributed by atoms with Crippen molar-refractivity contribution in [2.24, 2.45) is 0 Å². The number of pyridine rings is 1. The average molecular weight is 495 g/mol. The van der Waals surface area contributed by atoms with Gasteiger partial charge >= 0.3 is 0 Å². The topological polar surface area (TPSA) is 111 Å². The van der Waals surface area contributed by atoms with Gasteiger partial charge in [-0.05, 0) is 49.7 Å². The van der Waals surface area contributed by atoms with Gasteiger partial charge in [0.1, 0.15) is 5.82 Å². The first-order valence-electron chi connectivity index (χ1n) is 11.5. The van der Waals surface area contributed by atoms with Crippen molar-refractivity contribution >= 4 is 29.1 Å². The smallest absolute Gasteiger partial charge is 0.254 e. The van der Waals surface area contributed by atoms with E-state index in [9.17, 15) is 14.4 Å². The number of aryl methyl sites for hydroxylation is 1. The van der Waals surface area contributed by atoms with Crippen LogP contribution in [-0.2, 0) is 16.0 Å². The molecular formula is C25H27ClN6O3. The van der Waals surface area contributed by atoms with Crippen molar-refractivity contribution in [3.8, 4) is 11.4 Å². The van der Waals surface area contributed by atoms with E-state index < -0.39 is 0 Å². The van der Waals surface area contributed by atoms with Gasteiger partial charge in [0.2, 0.25) is 11.8 Å². The highest BCUT2D eigenvalue weighted by Gasteiger charge is 2.21. The van der Waals surface area contributed by atoms with Gasteiger partial charge in [-0.1, -0.05) is 11.6 Å². The predicted molar refractivity (Wildman–Crippen MR) is 134 cm³/mol. The number of carbonyl (C=O) groups excluding carboxylic acids is 2. The number of aromatic amines is 1. The van der Waals surface area contributed by atoms with Crippen LogP contribution < -0.4 is 15.8 Å². The second-order valence-electron chi connectivity index (χ2n) is 8.34. The highest BCUT2D eigenvalue weighted by atomic mass is 35.5. The number of H-pyrrole nitrogens is 1. The Morgan fingerprint density at radius 1 is 1.06 bits per heavy atom. The van der Waals surface area contributed by atoms with Crippen molar-refractivity contribution in [3.05, 3.63) is 75.4 Å². The van der Waals surface area contributed by atoms with Gasteiger partial charge < -0.3 is 20.1 Å². The fourth-order valence-electron chi connectivity index (χ4n) is 4.03. The molecule has 9 nitrogen and oxygen atoms in total. The van der Waals surface area contributed by atoms with Crippen LogP contribution in [0, 0.1) is 6.92 Å². The Morgan fingerprint density at radius 2 is 1.74 bits per heavy atom. The third kappa shape index (κ3) is 6.24. The molecule has 0 atom stereocenters. The minimum absolute atomic E-state index is 0.0612. The molecule has 0 radical (unpaired) electrons. The Labute approximate surface area is 208 Å². The van der Waals surface area contributed by atoms with Gasteiger partial charge in [-0.2, -0.15) is 0 Å². The van der Waals surface area contributed by atoms with Crippen LogP contribution >= 0.6 is 11.6 Å². The van der Waals surface area contributed by atoms with Gasteiger partial charge in [0.25, 0.3) is 5.56 Å². The number of aromatic nitrogens is 3. The van der Waals surface area contributed by atoms with Gasteiger partial charge in [-0.3, -0.25) is 19.4 Å². The zero-order valence-corrected chi connectivity index (χ0v) is 20.2. The van der Waals surface area contributed by atoms with Crippen LogP contribution in [0.5, 0.6) is 0 Å². The summed E-state index contributed by atoms with van der Waals surface area (Å²) < 4.78 is 0. The van der Waals surface area contributed by atoms with E-state index in [1.54, 1.807) is 36.4 Å². The second kappa shape index (κ2) is 11.1. The third-order valence-electron chi connectivity index (χ3n) is 6.04. The third-order valence-corrected chi connectivity index (χ3v) is 6.29. The molecule has 1 aromatic carbocycles. The van der Waals surface area contributed by atoms with Crippen molar-refractivity contribution < 1.29 is 9.59 Å². The summed E-state index contributed by atoms with van der Waals surface area (Å²) in [5, 5.41) is 3.37. The number of hydrogen-bond acceptors (Lipinski definition) is 6. The van der Waals surface area contributed by atoms with Crippen LogP contribution in [0.2, 0.25) is 5.02 Å². The zero-order chi connectivity index (χ0) is 24.8. The lowest BCUT2D eigenvalue weighted by molar-refractivity contribution is -0.133. The van der Waals surface area contributed by atoms with Crippen molar-refractivity contribution in [3.63, 3.8) is 0 Å². The zero-order valence-electron chi connectivity index (χ0n) is 19.5. The van der Waals surface area contributed by atoms with Crippen LogP contribution in [0.15, 0.2) is 53.6 Å². The molecule has 0 unspecified atom stereocenters. The molecule has 0 aliphatic carbocycles. The summed E-state index contributed by atoms with van der Waals surface area (Å²) in [7, 11) is 0. The van der Waals surface area contributed by atoms with Gasteiger partial charge in [-0.25, -0.2) is 4.98 Å². The fourth-order valence-corrected chi connectivity index (χ4v) is 4.16. The number of nitrogens with zero attached hydrogens (tertiary/aromatic N) is 4. The minimum Gasteiger partial charge on any atom is -0.368 e. The number of nitrogens with one attached hydrogen (secondary N) is 2. The van der Waals surface area contributed by atoms with Crippen molar-refractivity contribution in [1.82, 2.24) is 25.2 Å². The molecule has 3 aromatic rings. The SMILES string of the molecule is Cc1nc(-c2ccncc2)[nH]c(=O)c1CCC(=O)NCC(=O)N1CCN(c2ccc(Cl)cc2)CC1. The summed E-state index contributed by atoms with van der Waals surface area (Å²) in [6.45, 7) is 4.29. The van der Waals surface area contributed by atoms with E-state index in [1.165, 1.54) is 0 Å². The Hall–Kier alpha value is -3.72. The average Bonchev–Trinajstić information content (AvgIpc) is 2.88. The first kappa shape index (κ1) is 24.4. The summed E-state index contributed by atoms with van der Waals surface area (Å²) in [6, 6.07) is 11.2. The van der Waals surface area contributed by atoms with E-state index in [-0.39, 0.29) is 36.8 Å². The number of anilines is 1. The van der Waals surface area contributed by atoms with Crippen LogP contribution in [0.1, 0.15) is 17.7 Å². The number of amides is 2. The normalized spacial score (nSPS) is 13.5. The van der Waals surface area contributed by atoms with E-state index in [4.69, 9.17) is 11.6 Å². The molecule has 3 heterocycles. The standard InChI is InChI=1S/C25H27ClN6O3/c1-17-21(25(35)30-24(29-17)18-8-10-27-11-9-18)6-7-22(33)28-16-23(34)32-14-12-31(13-15-32)20-4-2-19(26)3-5-20/h2-5,8-11H,6-7,12-16H2,1H3,(H,28,33)(H,29,30,35). The van der Waals surface area contributed by atoms with Gasteiger partial charge in [0, 0.05) is 72.5 Å². The summed E-state index contributed by atoms with van der Waals surface area (Å²) in [5.41, 5.74) is 2.60. The maximum atomic E-state index is 12.6. The Morgan fingerprint density at radius 3 is 2.40 bits per heavy atom. The summed E-state index contributed by atoms with van der Waals surface area (Å²) in [6.07, 6.45) is 3.59. The van der Waals surface area contributed by atoms with Gasteiger partial charge in [0.15, 0.2) is 0 Å². The maximum absolute atomic E-state index is 12.6. The molecule has 0 bridgehead atoms. The Bertz CT molecular complexity index is 1240. The summed E-state index contributed by atoms with van der Waals surface area (Å²) in [4.78, 5) is 52.6. The summed E-state index contributed by atoms with van der Waals surface area (Å²) in [5.74, 6) is 0.0616. The van der Waals surface area contributed by atoms with Gasteiger partial charge in [0.05, 0.1) is 6.54 Å². The minimum atomic E-state index is -0.282. The molecule has 1 fully saturated rings. The number of carbonyl (C=O) groups is 2. The number of piperazine rings is 1. The van der Waals surface area contributed by atoms with Crippen LogP contribution in [0.4, 0.5) is 5.69 Å². The monoisotopic (exact) mass is 494 g/mol. The summed E-state index contributed by atoms with van der Waals surface area (Å²) >= 11 is 5.95. The van der Waals surface area contributed by atoms with Crippen LogP contribution in [0.25, 0.3) is 11.4 Å². The first-order chi connectivity index (χ1) is 16.9. The highest BCUT2D eigenvalue weighted by Crippen LogP contribution is 2.19. The quantitative estimate of drug-likeness (QED) is 0.521. The van der Waals surface area contributed by atoms with E-state index in [2.05, 4.69) is 25.2 Å². The highest BCUT2D eigenvalue weighted by molar-refractivity contribution is 6.30. The molecular weight excluding hydrogens is 468 g/mol. The van der Waals surface area contributed by atoms with Gasteiger partial charge in [-0.15, -0.1) is 0 Å². The van der Waals surface area contributed by atoms with Crippen LogP contribution in [0.3, 0.4) is 0 Å². The Kier molecular flexibility index (Phi) is 7.77.